The summed E-state index contributed by atoms with van der Waals surface area (Å²) < 4.78 is 37.8. The number of unbranched alkanes of at least 4 members (excludes halogenated alkanes) is 3. The first-order chi connectivity index (χ1) is 14.5. The molecule has 2 aromatic rings. The van der Waals surface area contributed by atoms with Crippen molar-refractivity contribution in [3.05, 3.63) is 54.1 Å². The zero-order chi connectivity index (χ0) is 21.4. The number of rotatable bonds is 10. The minimum absolute atomic E-state index is 0.173. The largest absolute Gasteiger partial charge is 0.454 e. The Morgan fingerprint density at radius 3 is 2.57 bits per heavy atom. The fraction of sp³-hybridized carbons (Fsp3) is 0.318. The number of amides is 1. The summed E-state index contributed by atoms with van der Waals surface area (Å²) in [6.45, 7) is 2.73. The summed E-state index contributed by atoms with van der Waals surface area (Å²) in [4.78, 5) is 12.3. The van der Waals surface area contributed by atoms with Crippen LogP contribution in [0.4, 0.5) is 5.69 Å². The molecule has 30 heavy (non-hydrogen) atoms. The molecule has 8 heteroatoms. The van der Waals surface area contributed by atoms with Crippen molar-refractivity contribution in [2.45, 2.75) is 37.5 Å². The van der Waals surface area contributed by atoms with Crippen LogP contribution in [0.2, 0.25) is 0 Å². The van der Waals surface area contributed by atoms with E-state index in [0.29, 0.717) is 23.7 Å². The number of hydrogen-bond donors (Lipinski definition) is 2. The predicted octanol–water partition coefficient (Wildman–Crippen LogP) is 3.93. The van der Waals surface area contributed by atoms with E-state index in [1.54, 1.807) is 30.3 Å². The van der Waals surface area contributed by atoms with Crippen LogP contribution < -0.4 is 19.5 Å². The number of carbonyl (C=O) groups excluding carboxylic acids is 1. The van der Waals surface area contributed by atoms with Crippen LogP contribution in [0.25, 0.3) is 6.08 Å². The van der Waals surface area contributed by atoms with Crippen LogP contribution in [0.3, 0.4) is 0 Å². The average molecular weight is 431 g/mol. The number of fused-ring (bicyclic) bond motifs is 1. The number of ether oxygens (including phenoxy) is 2. The van der Waals surface area contributed by atoms with Gasteiger partial charge in [0.1, 0.15) is 0 Å². The predicted molar refractivity (Wildman–Crippen MR) is 116 cm³/mol. The van der Waals surface area contributed by atoms with Crippen molar-refractivity contribution < 1.29 is 22.7 Å². The normalized spacial score (nSPS) is 13.0. The topological polar surface area (TPSA) is 93.7 Å². The van der Waals surface area contributed by atoms with E-state index < -0.39 is 10.0 Å². The molecule has 2 aromatic carbocycles. The van der Waals surface area contributed by atoms with Gasteiger partial charge < -0.3 is 14.8 Å². The molecule has 2 N–H and O–H groups in total. The molecule has 1 aliphatic heterocycles. The van der Waals surface area contributed by atoms with Crippen LogP contribution in [0.5, 0.6) is 11.5 Å². The Balaban J connectivity index is 1.52. The summed E-state index contributed by atoms with van der Waals surface area (Å²) in [6.07, 6.45) is 7.09. The molecule has 0 saturated carbocycles. The second kappa shape index (κ2) is 10.3. The quantitative estimate of drug-likeness (QED) is 0.440. The minimum atomic E-state index is -3.54. The second-order valence-electron chi connectivity index (χ2n) is 6.92. The molecule has 0 radical (unpaired) electrons. The van der Waals surface area contributed by atoms with E-state index in [2.05, 4.69) is 17.0 Å². The number of carbonyl (C=O) groups is 1. The maximum atomic E-state index is 12.3. The van der Waals surface area contributed by atoms with Gasteiger partial charge >= 0.3 is 0 Å². The van der Waals surface area contributed by atoms with Crippen molar-refractivity contribution in [1.29, 1.82) is 0 Å². The lowest BCUT2D eigenvalue weighted by molar-refractivity contribution is -0.111. The van der Waals surface area contributed by atoms with E-state index in [9.17, 15) is 13.2 Å². The summed E-state index contributed by atoms with van der Waals surface area (Å²) in [5.74, 6) is 1.01. The zero-order valence-corrected chi connectivity index (χ0v) is 17.7. The Kier molecular flexibility index (Phi) is 7.48. The molecule has 0 unspecified atom stereocenters. The van der Waals surface area contributed by atoms with Crippen LogP contribution in [-0.4, -0.2) is 27.7 Å². The van der Waals surface area contributed by atoms with Crippen molar-refractivity contribution >= 4 is 27.7 Å². The molecular weight excluding hydrogens is 404 g/mol. The van der Waals surface area contributed by atoms with E-state index in [4.69, 9.17) is 9.47 Å². The van der Waals surface area contributed by atoms with E-state index >= 15 is 0 Å². The third-order valence-corrected chi connectivity index (χ3v) is 6.06. The maximum Gasteiger partial charge on any atom is 0.248 e. The summed E-state index contributed by atoms with van der Waals surface area (Å²) in [5, 5.41) is 2.71. The maximum absolute atomic E-state index is 12.3. The van der Waals surface area contributed by atoms with Crippen LogP contribution in [0.1, 0.15) is 38.2 Å². The smallest absolute Gasteiger partial charge is 0.248 e. The van der Waals surface area contributed by atoms with Gasteiger partial charge in [0.15, 0.2) is 11.5 Å². The SMILES string of the molecule is CCCCCCNS(=O)(=O)c1ccc(NC(=O)/C=C/c2ccc3c(c2)OCO3)cc1. The van der Waals surface area contributed by atoms with E-state index in [0.717, 1.165) is 31.2 Å². The Bertz CT molecular complexity index is 1000. The summed E-state index contributed by atoms with van der Waals surface area (Å²) in [7, 11) is -3.54. The Hall–Kier alpha value is -2.84. The molecule has 0 fully saturated rings. The number of nitrogens with one attached hydrogen (secondary N) is 2. The van der Waals surface area contributed by atoms with Crippen LogP contribution >= 0.6 is 0 Å². The second-order valence-corrected chi connectivity index (χ2v) is 8.69. The first-order valence-electron chi connectivity index (χ1n) is 9.96. The molecule has 0 spiro atoms. The van der Waals surface area contributed by atoms with Gasteiger partial charge in [-0.05, 0) is 54.5 Å². The third kappa shape index (κ3) is 6.08. The molecule has 0 saturated heterocycles. The van der Waals surface area contributed by atoms with Crippen LogP contribution in [0.15, 0.2) is 53.4 Å². The molecule has 3 rings (SSSR count). The molecular formula is C22H26N2O5S. The van der Waals surface area contributed by atoms with Crippen molar-refractivity contribution in [2.24, 2.45) is 0 Å². The summed E-state index contributed by atoms with van der Waals surface area (Å²) in [5.41, 5.74) is 1.32. The molecule has 1 aliphatic rings. The number of sulfonamides is 1. The van der Waals surface area contributed by atoms with E-state index in [-0.39, 0.29) is 17.6 Å². The van der Waals surface area contributed by atoms with E-state index in [1.165, 1.54) is 18.2 Å². The lowest BCUT2D eigenvalue weighted by atomic mass is 10.2. The Labute approximate surface area is 177 Å². The zero-order valence-electron chi connectivity index (χ0n) is 16.9. The fourth-order valence-electron chi connectivity index (χ4n) is 2.93. The lowest BCUT2D eigenvalue weighted by Gasteiger charge is -2.08. The average Bonchev–Trinajstić information content (AvgIpc) is 3.20. The van der Waals surface area contributed by atoms with Crippen LogP contribution in [0, 0.1) is 0 Å². The standard InChI is InChI=1S/C22H26N2O5S/c1-2-3-4-5-14-23-30(26,27)19-10-8-18(9-11-19)24-22(25)13-7-17-6-12-20-21(15-17)29-16-28-20/h6-13,15,23H,2-5,14,16H2,1H3,(H,24,25)/b13-7+. The molecule has 0 bridgehead atoms. The molecule has 1 amide bonds. The van der Waals surface area contributed by atoms with Crippen molar-refractivity contribution in [3.8, 4) is 11.5 Å². The number of anilines is 1. The highest BCUT2D eigenvalue weighted by Gasteiger charge is 2.14. The van der Waals surface area contributed by atoms with Gasteiger partial charge in [-0.25, -0.2) is 13.1 Å². The molecule has 0 aliphatic carbocycles. The molecule has 1 heterocycles. The Morgan fingerprint density at radius 2 is 1.80 bits per heavy atom. The number of hydrogen-bond acceptors (Lipinski definition) is 5. The van der Waals surface area contributed by atoms with Crippen molar-refractivity contribution in [3.63, 3.8) is 0 Å². The van der Waals surface area contributed by atoms with Gasteiger partial charge in [0.2, 0.25) is 22.7 Å². The molecule has 160 valence electrons. The van der Waals surface area contributed by atoms with Gasteiger partial charge in [-0.3, -0.25) is 4.79 Å². The monoisotopic (exact) mass is 430 g/mol. The fourth-order valence-corrected chi connectivity index (χ4v) is 4.01. The van der Waals surface area contributed by atoms with Gasteiger partial charge in [0.25, 0.3) is 0 Å². The molecule has 7 nitrogen and oxygen atoms in total. The highest BCUT2D eigenvalue weighted by molar-refractivity contribution is 7.89. The third-order valence-electron chi connectivity index (χ3n) is 4.58. The van der Waals surface area contributed by atoms with E-state index in [1.807, 2.05) is 6.07 Å². The van der Waals surface area contributed by atoms with Gasteiger partial charge in [0, 0.05) is 18.3 Å². The van der Waals surface area contributed by atoms with Gasteiger partial charge in [-0.2, -0.15) is 0 Å². The summed E-state index contributed by atoms with van der Waals surface area (Å²) >= 11 is 0. The Morgan fingerprint density at radius 1 is 1.03 bits per heavy atom. The summed E-state index contributed by atoms with van der Waals surface area (Å²) in [6, 6.07) is 11.5. The van der Waals surface area contributed by atoms with Gasteiger partial charge in [-0.1, -0.05) is 32.3 Å². The lowest BCUT2D eigenvalue weighted by Crippen LogP contribution is -2.24. The molecule has 0 atom stereocenters. The minimum Gasteiger partial charge on any atom is -0.454 e. The number of benzene rings is 2. The van der Waals surface area contributed by atoms with Crippen LogP contribution in [-0.2, 0) is 14.8 Å². The van der Waals surface area contributed by atoms with Gasteiger partial charge in [0.05, 0.1) is 4.90 Å². The van der Waals surface area contributed by atoms with Crippen molar-refractivity contribution in [2.75, 3.05) is 18.7 Å². The first-order valence-corrected chi connectivity index (χ1v) is 11.4. The highest BCUT2D eigenvalue weighted by atomic mass is 32.2. The van der Waals surface area contributed by atoms with Crippen molar-refractivity contribution in [1.82, 2.24) is 4.72 Å². The highest BCUT2D eigenvalue weighted by Crippen LogP contribution is 2.32. The first kappa shape index (κ1) is 21.9. The molecule has 0 aromatic heterocycles. The van der Waals surface area contributed by atoms with Gasteiger partial charge in [-0.15, -0.1) is 0 Å².